The van der Waals surface area contributed by atoms with E-state index in [1.807, 2.05) is 0 Å². The van der Waals surface area contributed by atoms with E-state index in [2.05, 4.69) is 67.1 Å². The van der Waals surface area contributed by atoms with Gasteiger partial charge >= 0.3 is 5.97 Å². The number of halogens is 4. The van der Waals surface area contributed by atoms with E-state index in [-0.39, 0.29) is 58.5 Å². The lowest BCUT2D eigenvalue weighted by atomic mass is 9.41. The van der Waals surface area contributed by atoms with E-state index in [4.69, 9.17) is 9.47 Å². The van der Waals surface area contributed by atoms with Gasteiger partial charge in [0.15, 0.2) is 0 Å². The summed E-state index contributed by atoms with van der Waals surface area (Å²) >= 11 is 6.37. The molecule has 0 bridgehead atoms. The molecule has 6 aliphatic rings. The Morgan fingerprint density at radius 2 is 1.67 bits per heavy atom. The molecule has 0 aromatic rings. The van der Waals surface area contributed by atoms with Crippen LogP contribution in [0.25, 0.3) is 0 Å². The molecule has 6 rings (SSSR count). The minimum absolute atomic E-state index is 0.0561. The number of ether oxygens (including phenoxy) is 2. The van der Waals surface area contributed by atoms with Gasteiger partial charge in [0.05, 0.1) is 29.5 Å². The molecule has 1 amide bonds. The minimum Gasteiger partial charge on any atom is -0.461 e. The number of fused-ring (bicyclic) bond motifs is 2. The van der Waals surface area contributed by atoms with Crippen molar-refractivity contribution in [3.63, 3.8) is 0 Å². The van der Waals surface area contributed by atoms with Gasteiger partial charge < -0.3 is 25.0 Å². The van der Waals surface area contributed by atoms with E-state index in [0.717, 1.165) is 45.1 Å². The highest BCUT2D eigenvalue weighted by Gasteiger charge is 2.86. The SMILES string of the molecule is CC(C)(O)[C@@H]1CC[C@@](C)([C@H]2[C@@H](O)C[C@@]3(C)[C@@H]4C[C@H](OC(=O)CNC(=O)[C@H](CCCCNBr)NBr)[C@H]5C(C)(C)C(F)(F)CC[C@@]56C[C@@]46CC[C@]23C)O1. The van der Waals surface area contributed by atoms with Crippen LogP contribution in [0.2, 0.25) is 0 Å². The molecule has 0 unspecified atom stereocenters. The van der Waals surface area contributed by atoms with Gasteiger partial charge in [-0.2, -0.15) is 0 Å². The van der Waals surface area contributed by atoms with Gasteiger partial charge in [-0.05, 0) is 113 Å². The van der Waals surface area contributed by atoms with Crippen molar-refractivity contribution < 1.29 is 38.1 Å². The number of hydrogen-bond acceptors (Lipinski definition) is 8. The fraction of sp³-hybridized carbons (Fsp3) is 0.947. The fourth-order valence-electron chi connectivity index (χ4n) is 13.4. The Morgan fingerprint density at radius 3 is 2.29 bits per heavy atom. The van der Waals surface area contributed by atoms with Gasteiger partial charge in [0, 0.05) is 62.5 Å². The first-order valence-electron chi connectivity index (χ1n) is 19.2. The van der Waals surface area contributed by atoms with Crippen molar-refractivity contribution in [2.75, 3.05) is 13.1 Å². The summed E-state index contributed by atoms with van der Waals surface area (Å²) in [5.74, 6) is -4.50. The van der Waals surface area contributed by atoms with Gasteiger partial charge in [-0.25, -0.2) is 13.1 Å². The Balaban J connectivity index is 1.27. The quantitative estimate of drug-likeness (QED) is 0.0833. The summed E-state index contributed by atoms with van der Waals surface area (Å²) in [5.41, 5.74) is -4.21. The van der Waals surface area contributed by atoms with Gasteiger partial charge in [-0.15, -0.1) is 0 Å². The molecule has 1 aliphatic heterocycles. The van der Waals surface area contributed by atoms with Gasteiger partial charge in [-0.3, -0.25) is 13.9 Å². The molecular weight excluding hydrogens is 792 g/mol. The Bertz CT molecular complexity index is 1370. The van der Waals surface area contributed by atoms with Crippen molar-refractivity contribution in [3.8, 4) is 0 Å². The average Bonchev–Trinajstić information content (AvgIpc) is 3.41. The van der Waals surface area contributed by atoms with Crippen LogP contribution in [0.3, 0.4) is 0 Å². The second kappa shape index (κ2) is 13.4. The molecule has 1 saturated heterocycles. The summed E-state index contributed by atoms with van der Waals surface area (Å²) in [6, 6.07) is -0.542. The van der Waals surface area contributed by atoms with Crippen LogP contribution in [0.15, 0.2) is 0 Å². The normalized spacial score (nSPS) is 45.5. The molecule has 0 aromatic carbocycles. The maximum Gasteiger partial charge on any atom is 0.325 e. The fourth-order valence-corrected chi connectivity index (χ4v) is 14.1. The number of carbonyl (C=O) groups excluding carboxylic acids is 2. The predicted octanol–water partition coefficient (Wildman–Crippen LogP) is 6.72. The predicted molar refractivity (Wildman–Crippen MR) is 197 cm³/mol. The number of rotatable bonds is 12. The van der Waals surface area contributed by atoms with Crippen molar-refractivity contribution in [2.45, 2.75) is 167 Å². The number of hydrogen-bond donors (Lipinski definition) is 5. The standard InChI is InChI=1S/C38H61Br2F2N3O6/c1-31(2)29-24(50-27(47)20-43-30(48)22(45-40)10-8-9-17-44-39)18-25-34(6)19-23(46)28(35(7)12-11-26(51-35)32(3,4)49)33(34,5)13-14-36(25)21-37(29,36)15-16-38(31,41)42/h22-26,28-29,44-46,49H,8-21H2,1-7H3,(H,43,48)/t22-,23-,24-,25-,26-,28-,29-,33+,34-,35-,36-,37+/m0/s1. The number of amides is 1. The molecule has 9 nitrogen and oxygen atoms in total. The molecule has 292 valence electrons. The molecule has 5 saturated carbocycles. The highest BCUT2D eigenvalue weighted by molar-refractivity contribution is 9.08. The highest BCUT2D eigenvalue weighted by atomic mass is 79.9. The van der Waals surface area contributed by atoms with E-state index in [1.54, 1.807) is 27.7 Å². The van der Waals surface area contributed by atoms with Crippen molar-refractivity contribution in [1.29, 1.82) is 0 Å². The molecule has 0 aromatic heterocycles. The van der Waals surface area contributed by atoms with Crippen LogP contribution in [0.1, 0.15) is 126 Å². The average molecular weight is 854 g/mol. The number of aliphatic hydroxyl groups excluding tert-OH is 1. The summed E-state index contributed by atoms with van der Waals surface area (Å²) in [6.07, 6.45) is 5.80. The smallest absolute Gasteiger partial charge is 0.325 e. The van der Waals surface area contributed by atoms with Gasteiger partial charge in [0.25, 0.3) is 5.92 Å². The van der Waals surface area contributed by atoms with Gasteiger partial charge in [-0.1, -0.05) is 34.1 Å². The number of unbranched alkanes of at least 4 members (excludes halogenated alkanes) is 1. The van der Waals surface area contributed by atoms with Crippen LogP contribution in [-0.4, -0.2) is 76.7 Å². The molecule has 5 N–H and O–H groups in total. The Morgan fingerprint density at radius 1 is 0.980 bits per heavy atom. The second-order valence-corrected chi connectivity index (χ2v) is 20.2. The van der Waals surface area contributed by atoms with Gasteiger partial charge in [0.1, 0.15) is 12.6 Å². The molecule has 5 aliphatic carbocycles. The molecule has 1 heterocycles. The maximum atomic E-state index is 15.9. The van der Waals surface area contributed by atoms with Crippen molar-refractivity contribution >= 4 is 44.2 Å². The summed E-state index contributed by atoms with van der Waals surface area (Å²) in [6.45, 7) is 14.0. The second-order valence-electron chi connectivity index (χ2n) is 19.2. The first kappa shape index (κ1) is 40.2. The highest BCUT2D eigenvalue weighted by Crippen LogP contribution is 2.90. The van der Waals surface area contributed by atoms with Crippen LogP contribution in [0.5, 0.6) is 0 Å². The van der Waals surface area contributed by atoms with E-state index in [0.29, 0.717) is 32.1 Å². The van der Waals surface area contributed by atoms with Crippen LogP contribution in [0, 0.1) is 44.8 Å². The lowest BCUT2D eigenvalue weighted by molar-refractivity contribution is -0.251. The zero-order valence-corrected chi connectivity index (χ0v) is 34.7. The van der Waals surface area contributed by atoms with Crippen LogP contribution >= 0.6 is 32.3 Å². The Kier molecular flexibility index (Phi) is 10.5. The lowest BCUT2D eigenvalue weighted by Gasteiger charge is -2.65. The number of aliphatic hydroxyl groups is 2. The van der Waals surface area contributed by atoms with E-state index in [9.17, 15) is 19.8 Å². The monoisotopic (exact) mass is 851 g/mol. The van der Waals surface area contributed by atoms with Crippen LogP contribution in [-0.2, 0) is 19.1 Å². The first-order valence-corrected chi connectivity index (χ1v) is 20.8. The number of alkyl halides is 2. The van der Waals surface area contributed by atoms with Crippen molar-refractivity contribution in [3.05, 3.63) is 0 Å². The third-order valence-corrected chi connectivity index (χ3v) is 16.9. The van der Waals surface area contributed by atoms with E-state index >= 15 is 8.78 Å². The summed E-state index contributed by atoms with van der Waals surface area (Å²) in [4.78, 5) is 26.6. The van der Waals surface area contributed by atoms with E-state index in [1.165, 1.54) is 0 Å². The molecule has 0 radical (unpaired) electrons. The van der Waals surface area contributed by atoms with Crippen LogP contribution < -0.4 is 14.0 Å². The lowest BCUT2D eigenvalue weighted by Crippen LogP contribution is -2.64. The summed E-state index contributed by atoms with van der Waals surface area (Å²) < 4.78 is 50.6. The number of carbonyl (C=O) groups is 2. The summed E-state index contributed by atoms with van der Waals surface area (Å²) in [7, 11) is 0. The van der Waals surface area contributed by atoms with Crippen LogP contribution in [0.4, 0.5) is 8.78 Å². The molecule has 51 heavy (non-hydrogen) atoms. The largest absolute Gasteiger partial charge is 0.461 e. The molecular formula is C38H61Br2F2N3O6. The molecule has 2 spiro atoms. The molecule has 6 fully saturated rings. The Hall–Kier alpha value is -0.440. The maximum absolute atomic E-state index is 15.9. The number of nitrogens with one attached hydrogen (secondary N) is 3. The minimum atomic E-state index is -2.91. The van der Waals surface area contributed by atoms with Crippen molar-refractivity contribution in [1.82, 2.24) is 14.0 Å². The van der Waals surface area contributed by atoms with Crippen molar-refractivity contribution in [2.24, 2.45) is 44.8 Å². The zero-order valence-electron chi connectivity index (χ0n) is 31.5. The third-order valence-electron chi connectivity index (χ3n) is 16.0. The zero-order chi connectivity index (χ0) is 37.6. The topological polar surface area (TPSA) is 129 Å². The molecule has 13 heteroatoms. The summed E-state index contributed by atoms with van der Waals surface area (Å²) in [5, 5.41) is 25.6. The van der Waals surface area contributed by atoms with Gasteiger partial charge in [0.2, 0.25) is 5.91 Å². The third kappa shape index (κ3) is 6.10. The number of esters is 1. The van der Waals surface area contributed by atoms with E-state index < -0.39 is 52.7 Å². The first-order chi connectivity index (χ1) is 23.6. The molecule has 12 atom stereocenters. The Labute approximate surface area is 319 Å².